The molecule has 0 aromatic heterocycles. The predicted octanol–water partition coefficient (Wildman–Crippen LogP) is 4.49. The third-order valence-electron chi connectivity index (χ3n) is 6.44. The molecule has 1 heterocycles. The summed E-state index contributed by atoms with van der Waals surface area (Å²) < 4.78 is 12.6. The number of carbonyl (C=O) groups is 2. The standard InChI is InChI=1S/C29H39NO7S/c31-15-16-38-20-25-17-26(23-11-9-22(19-32)10-12-23)37-29(36-25)24-13-7-21(8-14-24)18-30-27(33)5-3-1-2-4-6-28(34)35/h7-14,25-26,29,31-32H,1-6,15-20H2,(H,30,33)(H,34,35)/t25-,26+,29+/m1/s1. The van der Waals surface area contributed by atoms with Crippen molar-refractivity contribution in [3.05, 3.63) is 70.8 Å². The van der Waals surface area contributed by atoms with Gasteiger partial charge < -0.3 is 30.1 Å². The molecule has 38 heavy (non-hydrogen) atoms. The Kier molecular flexibility index (Phi) is 13.1. The Morgan fingerprint density at radius 1 is 0.868 bits per heavy atom. The van der Waals surface area contributed by atoms with Crippen LogP contribution in [0.25, 0.3) is 0 Å². The normalized spacial score (nSPS) is 19.3. The van der Waals surface area contributed by atoms with Gasteiger partial charge in [0.1, 0.15) is 0 Å². The van der Waals surface area contributed by atoms with Crippen LogP contribution in [0.4, 0.5) is 0 Å². The van der Waals surface area contributed by atoms with Gasteiger partial charge in [-0.05, 0) is 29.5 Å². The van der Waals surface area contributed by atoms with Crippen molar-refractivity contribution in [2.75, 3.05) is 18.1 Å². The molecule has 0 aliphatic carbocycles. The van der Waals surface area contributed by atoms with Crippen LogP contribution in [-0.4, -0.2) is 51.4 Å². The second kappa shape index (κ2) is 16.5. The Balaban J connectivity index is 1.52. The van der Waals surface area contributed by atoms with Crippen molar-refractivity contribution in [3.63, 3.8) is 0 Å². The Morgan fingerprint density at radius 2 is 1.53 bits per heavy atom. The van der Waals surface area contributed by atoms with Crippen LogP contribution in [0.5, 0.6) is 0 Å². The van der Waals surface area contributed by atoms with Crippen molar-refractivity contribution >= 4 is 23.6 Å². The number of unbranched alkanes of at least 4 members (excludes halogenated alkanes) is 3. The van der Waals surface area contributed by atoms with Gasteiger partial charge in [-0.3, -0.25) is 9.59 Å². The number of benzene rings is 2. The van der Waals surface area contributed by atoms with E-state index in [1.165, 1.54) is 0 Å². The number of thioether (sulfide) groups is 1. The van der Waals surface area contributed by atoms with E-state index in [2.05, 4.69) is 5.32 Å². The number of aliphatic hydroxyl groups excluding tert-OH is 2. The number of hydrogen-bond donors (Lipinski definition) is 4. The molecule has 1 saturated heterocycles. The topological polar surface area (TPSA) is 125 Å². The van der Waals surface area contributed by atoms with E-state index >= 15 is 0 Å². The van der Waals surface area contributed by atoms with E-state index in [1.54, 1.807) is 11.8 Å². The molecule has 8 nitrogen and oxygen atoms in total. The highest BCUT2D eigenvalue weighted by Gasteiger charge is 2.32. The lowest BCUT2D eigenvalue weighted by Crippen LogP contribution is -2.31. The van der Waals surface area contributed by atoms with E-state index in [1.807, 2.05) is 48.5 Å². The molecule has 1 fully saturated rings. The maximum absolute atomic E-state index is 12.2. The zero-order valence-electron chi connectivity index (χ0n) is 21.7. The molecule has 0 saturated carbocycles. The molecule has 0 spiro atoms. The molecular weight excluding hydrogens is 506 g/mol. The van der Waals surface area contributed by atoms with Gasteiger partial charge >= 0.3 is 5.97 Å². The van der Waals surface area contributed by atoms with E-state index in [0.29, 0.717) is 31.6 Å². The third kappa shape index (κ3) is 10.4. The largest absolute Gasteiger partial charge is 0.481 e. The molecule has 1 aliphatic heterocycles. The predicted molar refractivity (Wildman–Crippen MR) is 146 cm³/mol. The van der Waals surface area contributed by atoms with Gasteiger partial charge in [0.25, 0.3) is 0 Å². The number of amides is 1. The van der Waals surface area contributed by atoms with Crippen LogP contribution < -0.4 is 5.32 Å². The molecule has 2 aromatic carbocycles. The Hall–Kier alpha value is -2.43. The monoisotopic (exact) mass is 545 g/mol. The number of aliphatic carboxylic acids is 1. The fourth-order valence-corrected chi connectivity index (χ4v) is 5.07. The molecule has 3 rings (SSSR count). The second-order valence-electron chi connectivity index (χ2n) is 9.47. The lowest BCUT2D eigenvalue weighted by Gasteiger charge is -2.36. The van der Waals surface area contributed by atoms with Crippen molar-refractivity contribution in [2.45, 2.75) is 76.6 Å². The molecule has 208 valence electrons. The average Bonchev–Trinajstić information content (AvgIpc) is 2.94. The minimum atomic E-state index is -0.777. The van der Waals surface area contributed by atoms with Crippen LogP contribution in [0.3, 0.4) is 0 Å². The van der Waals surface area contributed by atoms with Gasteiger partial charge in [-0.25, -0.2) is 0 Å². The third-order valence-corrected chi connectivity index (χ3v) is 7.52. The highest BCUT2D eigenvalue weighted by molar-refractivity contribution is 7.99. The zero-order valence-corrected chi connectivity index (χ0v) is 22.5. The fraction of sp³-hybridized carbons (Fsp3) is 0.517. The quantitative estimate of drug-likeness (QED) is 0.227. The molecule has 1 amide bonds. The summed E-state index contributed by atoms with van der Waals surface area (Å²) in [5, 5.41) is 30.1. The number of nitrogens with one attached hydrogen (secondary N) is 1. The first-order valence-electron chi connectivity index (χ1n) is 13.2. The van der Waals surface area contributed by atoms with Gasteiger partial charge in [0, 0.05) is 42.9 Å². The molecule has 0 radical (unpaired) electrons. The van der Waals surface area contributed by atoms with Gasteiger partial charge in [0.2, 0.25) is 5.91 Å². The minimum absolute atomic E-state index is 0.000629. The summed E-state index contributed by atoms with van der Waals surface area (Å²) in [6, 6.07) is 15.6. The molecule has 2 aromatic rings. The number of carbonyl (C=O) groups excluding carboxylic acids is 1. The number of carboxylic acid groups (broad SMARTS) is 1. The number of aliphatic hydroxyl groups is 2. The molecule has 9 heteroatoms. The first-order chi connectivity index (χ1) is 18.5. The van der Waals surface area contributed by atoms with E-state index in [0.717, 1.165) is 47.3 Å². The molecular formula is C29H39NO7S. The number of hydrogen-bond acceptors (Lipinski definition) is 7. The molecule has 4 N–H and O–H groups in total. The first kappa shape index (κ1) is 30.1. The summed E-state index contributed by atoms with van der Waals surface area (Å²) in [5.41, 5.74) is 3.76. The van der Waals surface area contributed by atoms with Gasteiger partial charge in [0.05, 0.1) is 25.4 Å². The van der Waals surface area contributed by atoms with Crippen molar-refractivity contribution in [2.24, 2.45) is 0 Å². The zero-order chi connectivity index (χ0) is 27.2. The molecule has 0 bridgehead atoms. The van der Waals surface area contributed by atoms with Gasteiger partial charge in [-0.15, -0.1) is 0 Å². The van der Waals surface area contributed by atoms with Crippen molar-refractivity contribution in [1.82, 2.24) is 5.32 Å². The molecule has 1 aliphatic rings. The van der Waals surface area contributed by atoms with E-state index in [-0.39, 0.29) is 37.7 Å². The summed E-state index contributed by atoms with van der Waals surface area (Å²) in [6.45, 7) is 0.568. The van der Waals surface area contributed by atoms with Crippen LogP contribution in [0.2, 0.25) is 0 Å². The Bertz CT molecular complexity index is 983. The van der Waals surface area contributed by atoms with Crippen molar-refractivity contribution in [1.29, 1.82) is 0 Å². The maximum atomic E-state index is 12.2. The van der Waals surface area contributed by atoms with E-state index in [9.17, 15) is 14.7 Å². The van der Waals surface area contributed by atoms with Crippen LogP contribution in [-0.2, 0) is 32.2 Å². The summed E-state index contributed by atoms with van der Waals surface area (Å²) in [4.78, 5) is 22.7. The van der Waals surface area contributed by atoms with Gasteiger partial charge in [-0.1, -0.05) is 61.4 Å². The van der Waals surface area contributed by atoms with E-state index < -0.39 is 12.3 Å². The highest BCUT2D eigenvalue weighted by atomic mass is 32.2. The smallest absolute Gasteiger partial charge is 0.303 e. The first-order valence-corrected chi connectivity index (χ1v) is 14.4. The number of ether oxygens (including phenoxy) is 2. The van der Waals surface area contributed by atoms with Crippen molar-refractivity contribution < 1.29 is 34.4 Å². The van der Waals surface area contributed by atoms with Gasteiger partial charge in [0.15, 0.2) is 6.29 Å². The highest BCUT2D eigenvalue weighted by Crippen LogP contribution is 2.38. The Labute approximate surface area is 228 Å². The SMILES string of the molecule is O=C(O)CCCCCCC(=O)NCc1ccc([C@H]2O[C@@H](CSCCO)C[C@@H](c3ccc(CO)cc3)O2)cc1. The summed E-state index contributed by atoms with van der Waals surface area (Å²) in [5.74, 6) is 0.631. The summed E-state index contributed by atoms with van der Waals surface area (Å²) in [7, 11) is 0. The lowest BCUT2D eigenvalue weighted by atomic mass is 10.0. The van der Waals surface area contributed by atoms with Crippen LogP contribution in [0.1, 0.15) is 79.6 Å². The van der Waals surface area contributed by atoms with Crippen LogP contribution >= 0.6 is 11.8 Å². The van der Waals surface area contributed by atoms with E-state index in [4.69, 9.17) is 19.7 Å². The maximum Gasteiger partial charge on any atom is 0.303 e. The molecule has 3 atom stereocenters. The van der Waals surface area contributed by atoms with Crippen molar-refractivity contribution in [3.8, 4) is 0 Å². The fourth-order valence-electron chi connectivity index (χ4n) is 4.30. The second-order valence-corrected chi connectivity index (χ2v) is 10.6. The minimum Gasteiger partial charge on any atom is -0.481 e. The summed E-state index contributed by atoms with van der Waals surface area (Å²) in [6.07, 6.45) is 3.68. The number of carboxylic acids is 1. The lowest BCUT2D eigenvalue weighted by molar-refractivity contribution is -0.245. The summed E-state index contributed by atoms with van der Waals surface area (Å²) >= 11 is 1.65. The molecule has 0 unspecified atom stereocenters. The van der Waals surface area contributed by atoms with Gasteiger partial charge in [-0.2, -0.15) is 11.8 Å². The number of rotatable bonds is 16. The van der Waals surface area contributed by atoms with Crippen LogP contribution in [0.15, 0.2) is 48.5 Å². The van der Waals surface area contributed by atoms with Crippen LogP contribution in [0, 0.1) is 0 Å². The Morgan fingerprint density at radius 3 is 2.18 bits per heavy atom. The average molecular weight is 546 g/mol.